The summed E-state index contributed by atoms with van der Waals surface area (Å²) in [6.07, 6.45) is 0. The molecule has 0 saturated heterocycles. The first-order chi connectivity index (χ1) is 12.2. The SMILES string of the molecule is O=C(O)c1cccc(COc2cccc(OCc3ccccc3)c2)c1. The lowest BCUT2D eigenvalue weighted by molar-refractivity contribution is 0.0696. The Morgan fingerprint density at radius 1 is 0.720 bits per heavy atom. The van der Waals surface area contributed by atoms with Crippen LogP contribution >= 0.6 is 0 Å². The van der Waals surface area contributed by atoms with Crippen molar-refractivity contribution >= 4 is 5.97 Å². The molecule has 4 nitrogen and oxygen atoms in total. The molecule has 3 rings (SSSR count). The summed E-state index contributed by atoms with van der Waals surface area (Å²) in [6.45, 7) is 0.786. The number of carbonyl (C=O) groups is 1. The number of carboxylic acid groups (broad SMARTS) is 1. The fourth-order valence-corrected chi connectivity index (χ4v) is 2.36. The highest BCUT2D eigenvalue weighted by Gasteiger charge is 2.04. The maximum atomic E-state index is 11.0. The molecule has 1 N–H and O–H groups in total. The van der Waals surface area contributed by atoms with E-state index < -0.39 is 5.97 Å². The van der Waals surface area contributed by atoms with E-state index in [4.69, 9.17) is 14.6 Å². The molecule has 0 atom stereocenters. The average Bonchev–Trinajstić information content (AvgIpc) is 2.66. The quantitative estimate of drug-likeness (QED) is 0.689. The largest absolute Gasteiger partial charge is 0.489 e. The number of benzene rings is 3. The van der Waals surface area contributed by atoms with Gasteiger partial charge < -0.3 is 14.6 Å². The number of aromatic carboxylic acids is 1. The van der Waals surface area contributed by atoms with E-state index in [2.05, 4.69) is 0 Å². The van der Waals surface area contributed by atoms with E-state index in [0.717, 1.165) is 16.9 Å². The summed E-state index contributed by atoms with van der Waals surface area (Å²) in [6, 6.07) is 24.1. The molecule has 0 aliphatic rings. The van der Waals surface area contributed by atoms with Gasteiger partial charge in [-0.05, 0) is 35.4 Å². The van der Waals surface area contributed by atoms with Gasteiger partial charge in [0.1, 0.15) is 24.7 Å². The molecule has 0 fully saturated rings. The second kappa shape index (κ2) is 8.02. The number of hydrogen-bond donors (Lipinski definition) is 1. The average molecular weight is 334 g/mol. The molecule has 0 radical (unpaired) electrons. The Balaban J connectivity index is 1.60. The smallest absolute Gasteiger partial charge is 0.335 e. The van der Waals surface area contributed by atoms with Gasteiger partial charge in [0, 0.05) is 6.07 Å². The molecule has 0 aliphatic heterocycles. The van der Waals surface area contributed by atoms with Crippen LogP contribution in [-0.2, 0) is 13.2 Å². The lowest BCUT2D eigenvalue weighted by atomic mass is 10.1. The molecule has 0 saturated carbocycles. The van der Waals surface area contributed by atoms with Gasteiger partial charge in [0.25, 0.3) is 0 Å². The van der Waals surface area contributed by atoms with Crippen LogP contribution in [0.2, 0.25) is 0 Å². The second-order valence-corrected chi connectivity index (χ2v) is 5.54. The highest BCUT2D eigenvalue weighted by atomic mass is 16.5. The van der Waals surface area contributed by atoms with E-state index in [9.17, 15) is 4.79 Å². The molecule has 4 heteroatoms. The Hall–Kier alpha value is -3.27. The summed E-state index contributed by atoms with van der Waals surface area (Å²) in [7, 11) is 0. The maximum Gasteiger partial charge on any atom is 0.335 e. The van der Waals surface area contributed by atoms with E-state index in [1.165, 1.54) is 0 Å². The van der Waals surface area contributed by atoms with Gasteiger partial charge in [-0.15, -0.1) is 0 Å². The highest BCUT2D eigenvalue weighted by molar-refractivity contribution is 5.87. The minimum Gasteiger partial charge on any atom is -0.489 e. The van der Waals surface area contributed by atoms with E-state index in [-0.39, 0.29) is 5.56 Å². The zero-order valence-electron chi connectivity index (χ0n) is 13.6. The van der Waals surface area contributed by atoms with Gasteiger partial charge in [-0.25, -0.2) is 4.79 Å². The van der Waals surface area contributed by atoms with Crippen LogP contribution in [-0.4, -0.2) is 11.1 Å². The summed E-state index contributed by atoms with van der Waals surface area (Å²) < 4.78 is 11.5. The van der Waals surface area contributed by atoms with E-state index >= 15 is 0 Å². The monoisotopic (exact) mass is 334 g/mol. The first-order valence-corrected chi connectivity index (χ1v) is 7.92. The van der Waals surface area contributed by atoms with Crippen molar-refractivity contribution < 1.29 is 19.4 Å². The normalized spacial score (nSPS) is 10.2. The molecule has 3 aromatic rings. The summed E-state index contributed by atoms with van der Waals surface area (Å²) in [4.78, 5) is 11.0. The van der Waals surface area contributed by atoms with Crippen molar-refractivity contribution in [2.45, 2.75) is 13.2 Å². The minimum atomic E-state index is -0.946. The molecule has 0 spiro atoms. The summed E-state index contributed by atoms with van der Waals surface area (Å²) >= 11 is 0. The number of hydrogen-bond acceptors (Lipinski definition) is 3. The van der Waals surface area contributed by atoms with Gasteiger partial charge in [-0.2, -0.15) is 0 Å². The number of rotatable bonds is 7. The molecule has 0 bridgehead atoms. The molecule has 126 valence electrons. The van der Waals surface area contributed by atoms with Gasteiger partial charge in [-0.3, -0.25) is 0 Å². The molecular weight excluding hydrogens is 316 g/mol. The summed E-state index contributed by atoms with van der Waals surface area (Å²) in [5.41, 5.74) is 2.15. The fourth-order valence-electron chi connectivity index (χ4n) is 2.36. The Morgan fingerprint density at radius 3 is 2.00 bits per heavy atom. The van der Waals surface area contributed by atoms with Crippen LogP contribution in [0.15, 0.2) is 78.9 Å². The molecule has 0 aromatic heterocycles. The van der Waals surface area contributed by atoms with Crippen molar-refractivity contribution in [2.24, 2.45) is 0 Å². The molecule has 0 amide bonds. The number of ether oxygens (including phenoxy) is 2. The van der Waals surface area contributed by atoms with E-state index in [1.54, 1.807) is 18.2 Å². The van der Waals surface area contributed by atoms with Crippen LogP contribution in [0.25, 0.3) is 0 Å². The summed E-state index contributed by atoms with van der Waals surface area (Å²) in [5, 5.41) is 9.03. The van der Waals surface area contributed by atoms with Crippen LogP contribution < -0.4 is 9.47 Å². The predicted octanol–water partition coefficient (Wildman–Crippen LogP) is 4.54. The third kappa shape index (κ3) is 4.85. The fraction of sp³-hybridized carbons (Fsp3) is 0.0952. The standard InChI is InChI=1S/C21H18O4/c22-21(23)18-9-4-8-17(12-18)15-25-20-11-5-10-19(13-20)24-14-16-6-2-1-3-7-16/h1-13H,14-15H2,(H,22,23). The van der Waals surface area contributed by atoms with Crippen LogP contribution in [0.4, 0.5) is 0 Å². The zero-order chi connectivity index (χ0) is 17.5. The van der Waals surface area contributed by atoms with E-state index in [0.29, 0.717) is 19.0 Å². The van der Waals surface area contributed by atoms with Crippen molar-refractivity contribution in [3.05, 3.63) is 95.6 Å². The van der Waals surface area contributed by atoms with Crippen molar-refractivity contribution in [2.75, 3.05) is 0 Å². The Bertz CT molecular complexity index is 843. The third-order valence-electron chi connectivity index (χ3n) is 3.63. The van der Waals surface area contributed by atoms with Crippen LogP contribution in [0.3, 0.4) is 0 Å². The first-order valence-electron chi connectivity index (χ1n) is 7.92. The number of carboxylic acids is 1. The molecule has 0 aliphatic carbocycles. The van der Waals surface area contributed by atoms with Crippen LogP contribution in [0, 0.1) is 0 Å². The Labute approximate surface area is 146 Å². The van der Waals surface area contributed by atoms with Crippen LogP contribution in [0.1, 0.15) is 21.5 Å². The van der Waals surface area contributed by atoms with Gasteiger partial charge >= 0.3 is 5.97 Å². The Morgan fingerprint density at radius 2 is 1.32 bits per heavy atom. The molecule has 3 aromatic carbocycles. The minimum absolute atomic E-state index is 0.251. The lowest BCUT2D eigenvalue weighted by Gasteiger charge is -2.10. The zero-order valence-corrected chi connectivity index (χ0v) is 13.6. The topological polar surface area (TPSA) is 55.8 Å². The second-order valence-electron chi connectivity index (χ2n) is 5.54. The molecule has 0 unspecified atom stereocenters. The third-order valence-corrected chi connectivity index (χ3v) is 3.63. The van der Waals surface area contributed by atoms with Crippen molar-refractivity contribution in [1.82, 2.24) is 0 Å². The predicted molar refractivity (Wildman–Crippen MR) is 94.9 cm³/mol. The van der Waals surface area contributed by atoms with Crippen molar-refractivity contribution in [1.29, 1.82) is 0 Å². The van der Waals surface area contributed by atoms with Crippen molar-refractivity contribution in [3.8, 4) is 11.5 Å². The highest BCUT2D eigenvalue weighted by Crippen LogP contribution is 2.21. The first kappa shape index (κ1) is 16.6. The van der Waals surface area contributed by atoms with Gasteiger partial charge in [0.2, 0.25) is 0 Å². The molecular formula is C21H18O4. The molecule has 25 heavy (non-hydrogen) atoms. The van der Waals surface area contributed by atoms with Gasteiger partial charge in [0.05, 0.1) is 5.56 Å². The molecule has 0 heterocycles. The van der Waals surface area contributed by atoms with Gasteiger partial charge in [0.15, 0.2) is 0 Å². The Kier molecular flexibility index (Phi) is 5.32. The van der Waals surface area contributed by atoms with Crippen LogP contribution in [0.5, 0.6) is 11.5 Å². The maximum absolute atomic E-state index is 11.0. The summed E-state index contributed by atoms with van der Waals surface area (Å²) in [5.74, 6) is 0.449. The van der Waals surface area contributed by atoms with Gasteiger partial charge in [-0.1, -0.05) is 48.5 Å². The van der Waals surface area contributed by atoms with Crippen molar-refractivity contribution in [3.63, 3.8) is 0 Å². The van der Waals surface area contributed by atoms with E-state index in [1.807, 2.05) is 60.7 Å². The lowest BCUT2D eigenvalue weighted by Crippen LogP contribution is -2.00.